The lowest BCUT2D eigenvalue weighted by molar-refractivity contribution is -0.138. The van der Waals surface area contributed by atoms with Crippen LogP contribution in [-0.2, 0) is 14.3 Å². The van der Waals surface area contributed by atoms with Crippen molar-refractivity contribution in [2.24, 2.45) is 0 Å². The Hall–Kier alpha value is -3.02. The molecule has 0 saturated heterocycles. The molecule has 6 nitrogen and oxygen atoms in total. The number of rotatable bonds is 7. The highest BCUT2D eigenvalue weighted by atomic mass is 32.2. The predicted octanol–water partition coefficient (Wildman–Crippen LogP) is 4.79. The quantitative estimate of drug-likeness (QED) is 0.553. The van der Waals surface area contributed by atoms with Crippen molar-refractivity contribution in [1.29, 1.82) is 5.26 Å². The molecule has 0 saturated carbocycles. The van der Waals surface area contributed by atoms with Gasteiger partial charge < -0.3 is 15.4 Å². The Labute approximate surface area is 202 Å². The first-order chi connectivity index (χ1) is 15.7. The molecular formula is C25H27N3O3S2. The Balaban J connectivity index is 2.10. The van der Waals surface area contributed by atoms with Crippen LogP contribution in [0.1, 0.15) is 44.1 Å². The molecule has 1 aliphatic heterocycles. The van der Waals surface area contributed by atoms with E-state index in [2.05, 4.69) is 16.7 Å². The van der Waals surface area contributed by atoms with Gasteiger partial charge in [0.15, 0.2) is 0 Å². The third kappa shape index (κ3) is 6.06. The number of thioether (sulfide) groups is 1. The number of ether oxygens (including phenoxy) is 1. The summed E-state index contributed by atoms with van der Waals surface area (Å²) in [7, 11) is 0. The minimum Gasteiger partial charge on any atom is -0.463 e. The van der Waals surface area contributed by atoms with Crippen LogP contribution in [0.3, 0.4) is 0 Å². The lowest BCUT2D eigenvalue weighted by Crippen LogP contribution is -2.41. The molecule has 0 spiro atoms. The molecule has 2 heterocycles. The largest absolute Gasteiger partial charge is 0.463 e. The molecule has 0 bridgehead atoms. The molecule has 1 amide bonds. The van der Waals surface area contributed by atoms with E-state index >= 15 is 0 Å². The maximum atomic E-state index is 13.2. The third-order valence-corrected chi connectivity index (χ3v) is 6.65. The molecule has 1 unspecified atom stereocenters. The molecular weight excluding hydrogens is 454 g/mol. The van der Waals surface area contributed by atoms with Crippen LogP contribution in [0.15, 0.2) is 64.0 Å². The molecule has 1 aromatic heterocycles. The molecule has 0 aliphatic carbocycles. The number of hydrogen-bond acceptors (Lipinski definition) is 7. The summed E-state index contributed by atoms with van der Waals surface area (Å²) in [6, 6.07) is 15.6. The molecule has 0 radical (unpaired) electrons. The lowest BCUT2D eigenvalue weighted by atomic mass is 9.85. The van der Waals surface area contributed by atoms with Crippen LogP contribution in [-0.4, -0.2) is 29.8 Å². The fourth-order valence-electron chi connectivity index (χ4n) is 3.49. The molecule has 33 heavy (non-hydrogen) atoms. The standard InChI is InChI=1S/C25H27N3O3S2/c1-5-31-24(30)21-20(18-12-9-13-32-18)17(14-26)23(33-15-19(29)28-25(2,3)4)27-22(21)16-10-7-6-8-11-16/h6-13,20,27H,5,15H2,1-4H3,(H,28,29). The topological polar surface area (TPSA) is 91.2 Å². The Morgan fingerprint density at radius 1 is 1.21 bits per heavy atom. The average molecular weight is 482 g/mol. The monoisotopic (exact) mass is 481 g/mol. The molecule has 1 aromatic carbocycles. The average Bonchev–Trinajstić information content (AvgIpc) is 3.30. The minimum atomic E-state index is -0.585. The van der Waals surface area contributed by atoms with E-state index in [1.807, 2.05) is 68.6 Å². The summed E-state index contributed by atoms with van der Waals surface area (Å²) in [5, 5.41) is 18.8. The molecule has 2 aromatic rings. The first kappa shape index (κ1) is 24.6. The Kier molecular flexibility index (Phi) is 8.01. The van der Waals surface area contributed by atoms with Gasteiger partial charge in [-0.1, -0.05) is 48.2 Å². The summed E-state index contributed by atoms with van der Waals surface area (Å²) in [4.78, 5) is 26.5. The highest BCUT2D eigenvalue weighted by Crippen LogP contribution is 2.44. The first-order valence-electron chi connectivity index (χ1n) is 10.6. The van der Waals surface area contributed by atoms with E-state index in [1.54, 1.807) is 6.92 Å². The van der Waals surface area contributed by atoms with Crippen molar-refractivity contribution in [3.8, 4) is 6.07 Å². The smallest absolute Gasteiger partial charge is 0.337 e. The molecule has 2 N–H and O–H groups in total. The zero-order valence-electron chi connectivity index (χ0n) is 19.1. The van der Waals surface area contributed by atoms with Gasteiger partial charge in [-0.3, -0.25) is 4.79 Å². The second-order valence-electron chi connectivity index (χ2n) is 8.39. The van der Waals surface area contributed by atoms with Gasteiger partial charge in [-0.2, -0.15) is 5.26 Å². The number of thiophene rings is 1. The van der Waals surface area contributed by atoms with Gasteiger partial charge in [-0.25, -0.2) is 4.79 Å². The zero-order chi connectivity index (χ0) is 24.0. The number of dihydropyridines is 1. The number of hydrogen-bond donors (Lipinski definition) is 2. The maximum Gasteiger partial charge on any atom is 0.337 e. The maximum absolute atomic E-state index is 13.2. The van der Waals surface area contributed by atoms with Crippen molar-refractivity contribution in [2.45, 2.75) is 39.2 Å². The molecule has 172 valence electrons. The van der Waals surface area contributed by atoms with Crippen LogP contribution in [0, 0.1) is 11.3 Å². The van der Waals surface area contributed by atoms with Crippen molar-refractivity contribution >= 4 is 40.7 Å². The minimum absolute atomic E-state index is 0.131. The second kappa shape index (κ2) is 10.7. The normalized spacial score (nSPS) is 16.2. The molecule has 1 atom stereocenters. The summed E-state index contributed by atoms with van der Waals surface area (Å²) < 4.78 is 5.41. The molecule has 0 fully saturated rings. The fraction of sp³-hybridized carbons (Fsp3) is 0.320. The summed E-state index contributed by atoms with van der Waals surface area (Å²) in [5.41, 5.74) is 1.83. The van der Waals surface area contributed by atoms with Gasteiger partial charge in [0.25, 0.3) is 0 Å². The number of nitrogens with zero attached hydrogens (tertiary/aromatic N) is 1. The Bertz CT molecular complexity index is 1110. The van der Waals surface area contributed by atoms with E-state index in [0.29, 0.717) is 21.9 Å². The fourth-order valence-corrected chi connectivity index (χ4v) is 5.17. The molecule has 1 aliphatic rings. The van der Waals surface area contributed by atoms with Crippen LogP contribution >= 0.6 is 23.1 Å². The number of carbonyl (C=O) groups excluding carboxylic acids is 2. The van der Waals surface area contributed by atoms with Crippen LogP contribution in [0.4, 0.5) is 0 Å². The van der Waals surface area contributed by atoms with Crippen LogP contribution in [0.2, 0.25) is 0 Å². The molecule has 3 rings (SSSR count). The summed E-state index contributed by atoms with van der Waals surface area (Å²) in [6.07, 6.45) is 0. The number of carbonyl (C=O) groups is 2. The lowest BCUT2D eigenvalue weighted by Gasteiger charge is -2.30. The van der Waals surface area contributed by atoms with E-state index in [1.165, 1.54) is 23.1 Å². The van der Waals surface area contributed by atoms with Crippen LogP contribution in [0.5, 0.6) is 0 Å². The third-order valence-electron chi connectivity index (χ3n) is 4.70. The van der Waals surface area contributed by atoms with Crippen molar-refractivity contribution in [2.75, 3.05) is 12.4 Å². The van der Waals surface area contributed by atoms with Crippen molar-refractivity contribution in [3.05, 3.63) is 74.5 Å². The van der Waals surface area contributed by atoms with E-state index in [4.69, 9.17) is 4.74 Å². The van der Waals surface area contributed by atoms with E-state index < -0.39 is 11.9 Å². The number of allylic oxidation sites excluding steroid dienone is 1. The van der Waals surface area contributed by atoms with Crippen LogP contribution in [0.25, 0.3) is 5.70 Å². The van der Waals surface area contributed by atoms with Gasteiger partial charge >= 0.3 is 5.97 Å². The van der Waals surface area contributed by atoms with Gasteiger partial charge in [-0.15, -0.1) is 11.3 Å². The number of nitriles is 1. The van der Waals surface area contributed by atoms with E-state index in [9.17, 15) is 14.9 Å². The SMILES string of the molecule is CCOC(=O)C1=C(c2ccccc2)NC(SCC(=O)NC(C)(C)C)=C(C#N)C1c1cccs1. The highest BCUT2D eigenvalue weighted by molar-refractivity contribution is 8.03. The van der Waals surface area contributed by atoms with Crippen molar-refractivity contribution < 1.29 is 14.3 Å². The summed E-state index contributed by atoms with van der Waals surface area (Å²) in [5.74, 6) is -1.05. The Morgan fingerprint density at radius 2 is 1.94 bits per heavy atom. The van der Waals surface area contributed by atoms with Gasteiger partial charge in [0, 0.05) is 10.4 Å². The van der Waals surface area contributed by atoms with E-state index in [-0.39, 0.29) is 23.8 Å². The number of amides is 1. The van der Waals surface area contributed by atoms with E-state index in [0.717, 1.165) is 10.4 Å². The van der Waals surface area contributed by atoms with Crippen LogP contribution < -0.4 is 10.6 Å². The zero-order valence-corrected chi connectivity index (χ0v) is 20.7. The van der Waals surface area contributed by atoms with Crippen molar-refractivity contribution in [1.82, 2.24) is 10.6 Å². The summed E-state index contributed by atoms with van der Waals surface area (Å²) >= 11 is 2.73. The van der Waals surface area contributed by atoms with Gasteiger partial charge in [0.2, 0.25) is 5.91 Å². The number of nitrogens with one attached hydrogen (secondary N) is 2. The highest BCUT2D eigenvalue weighted by Gasteiger charge is 2.38. The van der Waals surface area contributed by atoms with Gasteiger partial charge in [-0.05, 0) is 44.7 Å². The Morgan fingerprint density at radius 3 is 2.52 bits per heavy atom. The summed E-state index contributed by atoms with van der Waals surface area (Å²) in [6.45, 7) is 7.74. The second-order valence-corrected chi connectivity index (χ2v) is 10.4. The number of esters is 1. The predicted molar refractivity (Wildman–Crippen MR) is 133 cm³/mol. The van der Waals surface area contributed by atoms with Gasteiger partial charge in [0.05, 0.1) is 46.2 Å². The first-order valence-corrected chi connectivity index (χ1v) is 12.5. The van der Waals surface area contributed by atoms with Crippen molar-refractivity contribution in [3.63, 3.8) is 0 Å². The number of benzene rings is 1. The molecule has 8 heteroatoms. The van der Waals surface area contributed by atoms with Gasteiger partial charge in [0.1, 0.15) is 0 Å².